The number of esters is 1. The summed E-state index contributed by atoms with van der Waals surface area (Å²) >= 11 is 6.33. The lowest BCUT2D eigenvalue weighted by Gasteiger charge is -2.29. The first kappa shape index (κ1) is 14.1. The van der Waals surface area contributed by atoms with Crippen molar-refractivity contribution in [1.82, 2.24) is 4.98 Å². The van der Waals surface area contributed by atoms with Gasteiger partial charge in [0.25, 0.3) is 0 Å². The van der Waals surface area contributed by atoms with Gasteiger partial charge in [-0.3, -0.25) is 4.98 Å². The lowest BCUT2D eigenvalue weighted by molar-refractivity contribution is 0.0603. The van der Waals surface area contributed by atoms with E-state index in [0.717, 1.165) is 18.8 Å². The summed E-state index contributed by atoms with van der Waals surface area (Å²) in [7, 11) is 1.36. The van der Waals surface area contributed by atoms with Crippen LogP contribution in [0.2, 0.25) is 5.02 Å². The zero-order valence-electron chi connectivity index (χ0n) is 11.6. The molecule has 1 saturated heterocycles. The molecule has 3 rings (SSSR count). The van der Waals surface area contributed by atoms with Crippen LogP contribution in [0.4, 0.5) is 5.69 Å². The van der Waals surface area contributed by atoms with Crippen LogP contribution in [0.5, 0.6) is 0 Å². The molecule has 110 valence electrons. The normalized spacial score (nSPS) is 15.2. The highest BCUT2D eigenvalue weighted by Crippen LogP contribution is 2.31. The second-order valence-corrected chi connectivity index (χ2v) is 5.18. The lowest BCUT2D eigenvalue weighted by Crippen LogP contribution is -2.36. The van der Waals surface area contributed by atoms with Crippen molar-refractivity contribution in [2.45, 2.75) is 0 Å². The van der Waals surface area contributed by atoms with Gasteiger partial charge in [-0.15, -0.1) is 0 Å². The van der Waals surface area contributed by atoms with Crippen molar-refractivity contribution in [3.8, 4) is 0 Å². The zero-order valence-corrected chi connectivity index (χ0v) is 12.4. The molecule has 6 heteroatoms. The summed E-state index contributed by atoms with van der Waals surface area (Å²) in [6.07, 6.45) is 1.56. The van der Waals surface area contributed by atoms with Crippen molar-refractivity contribution in [2.75, 3.05) is 38.3 Å². The molecule has 2 heterocycles. The average Bonchev–Trinajstić information content (AvgIpc) is 2.54. The van der Waals surface area contributed by atoms with E-state index in [1.54, 1.807) is 12.3 Å². The number of pyridine rings is 1. The third kappa shape index (κ3) is 2.66. The van der Waals surface area contributed by atoms with Crippen LogP contribution in [0.1, 0.15) is 10.4 Å². The number of hydrogen-bond donors (Lipinski definition) is 0. The van der Waals surface area contributed by atoms with Gasteiger partial charge >= 0.3 is 5.97 Å². The standard InChI is InChI=1S/C15H15ClN2O3/c1-20-15(19)11-2-3-17-14-12(11)8-10(9-13(14)16)18-4-6-21-7-5-18/h2-3,8-9H,4-7H2,1H3. The van der Waals surface area contributed by atoms with Crippen LogP contribution in [0.3, 0.4) is 0 Å². The number of ether oxygens (including phenoxy) is 2. The smallest absolute Gasteiger partial charge is 0.338 e. The molecule has 0 radical (unpaired) electrons. The number of rotatable bonds is 2. The zero-order chi connectivity index (χ0) is 14.8. The summed E-state index contributed by atoms with van der Waals surface area (Å²) in [5.41, 5.74) is 2.05. The number of nitrogens with zero attached hydrogens (tertiary/aromatic N) is 2. The summed E-state index contributed by atoms with van der Waals surface area (Å²) in [5, 5.41) is 1.23. The average molecular weight is 307 g/mol. The van der Waals surface area contributed by atoms with Crippen LogP contribution in [0.25, 0.3) is 10.9 Å². The van der Waals surface area contributed by atoms with Gasteiger partial charge in [0.2, 0.25) is 0 Å². The quantitative estimate of drug-likeness (QED) is 0.798. The summed E-state index contributed by atoms with van der Waals surface area (Å²) < 4.78 is 10.2. The molecule has 1 aliphatic heterocycles. The maximum Gasteiger partial charge on any atom is 0.338 e. The van der Waals surface area contributed by atoms with Gasteiger partial charge < -0.3 is 14.4 Å². The molecule has 0 atom stereocenters. The molecular weight excluding hydrogens is 292 g/mol. The number of anilines is 1. The highest BCUT2D eigenvalue weighted by Gasteiger charge is 2.17. The second kappa shape index (κ2) is 5.87. The van der Waals surface area contributed by atoms with Crippen LogP contribution in [0.15, 0.2) is 24.4 Å². The fraction of sp³-hybridized carbons (Fsp3) is 0.333. The van der Waals surface area contributed by atoms with Gasteiger partial charge in [0.1, 0.15) is 0 Å². The van der Waals surface area contributed by atoms with Gasteiger partial charge in [0, 0.05) is 30.4 Å². The summed E-state index contributed by atoms with van der Waals surface area (Å²) in [6, 6.07) is 5.46. The van der Waals surface area contributed by atoms with E-state index in [-0.39, 0.29) is 0 Å². The third-order valence-electron chi connectivity index (χ3n) is 3.56. The Balaban J connectivity index is 2.14. The van der Waals surface area contributed by atoms with Crippen molar-refractivity contribution in [3.63, 3.8) is 0 Å². The highest BCUT2D eigenvalue weighted by molar-refractivity contribution is 6.35. The Morgan fingerprint density at radius 1 is 1.38 bits per heavy atom. The van der Waals surface area contributed by atoms with Crippen LogP contribution in [-0.4, -0.2) is 44.4 Å². The predicted molar refractivity (Wildman–Crippen MR) is 81.1 cm³/mol. The number of halogens is 1. The lowest BCUT2D eigenvalue weighted by atomic mass is 10.1. The van der Waals surface area contributed by atoms with Crippen LogP contribution in [-0.2, 0) is 9.47 Å². The molecule has 0 N–H and O–H groups in total. The molecule has 21 heavy (non-hydrogen) atoms. The predicted octanol–water partition coefficient (Wildman–Crippen LogP) is 2.51. The monoisotopic (exact) mass is 306 g/mol. The van der Waals surface area contributed by atoms with Gasteiger partial charge in [-0.1, -0.05) is 11.6 Å². The molecule has 0 amide bonds. The Hall–Kier alpha value is -1.85. The minimum Gasteiger partial charge on any atom is -0.465 e. The molecule has 2 aromatic rings. The number of fused-ring (bicyclic) bond motifs is 1. The van der Waals surface area contributed by atoms with E-state index in [9.17, 15) is 4.79 Å². The third-order valence-corrected chi connectivity index (χ3v) is 3.85. The number of methoxy groups -OCH3 is 1. The van der Waals surface area contributed by atoms with Crippen LogP contribution in [0, 0.1) is 0 Å². The number of carbonyl (C=O) groups excluding carboxylic acids is 1. The van der Waals surface area contributed by atoms with Gasteiger partial charge in [-0.05, 0) is 18.2 Å². The first-order valence-corrected chi connectivity index (χ1v) is 7.08. The Bertz CT molecular complexity index is 684. The highest BCUT2D eigenvalue weighted by atomic mass is 35.5. The Labute approximate surface area is 127 Å². The minimum absolute atomic E-state index is 0.391. The van der Waals surface area contributed by atoms with Crippen molar-refractivity contribution in [3.05, 3.63) is 35.0 Å². The van der Waals surface area contributed by atoms with Crippen molar-refractivity contribution >= 4 is 34.2 Å². The Kier molecular flexibility index (Phi) is 3.94. The number of hydrogen-bond acceptors (Lipinski definition) is 5. The molecule has 1 aromatic heterocycles. The number of carbonyl (C=O) groups is 1. The van der Waals surface area contributed by atoms with Crippen molar-refractivity contribution < 1.29 is 14.3 Å². The van der Waals surface area contributed by atoms with E-state index in [4.69, 9.17) is 21.1 Å². The number of benzene rings is 1. The number of aromatic nitrogens is 1. The molecule has 0 bridgehead atoms. The molecule has 1 fully saturated rings. The molecule has 0 unspecified atom stereocenters. The molecule has 0 aliphatic carbocycles. The first-order valence-electron chi connectivity index (χ1n) is 6.70. The van der Waals surface area contributed by atoms with Gasteiger partial charge in [-0.2, -0.15) is 0 Å². The molecule has 0 saturated carbocycles. The second-order valence-electron chi connectivity index (χ2n) is 4.77. The molecule has 1 aromatic carbocycles. The van der Waals surface area contributed by atoms with E-state index >= 15 is 0 Å². The van der Waals surface area contributed by atoms with Gasteiger partial charge in [0.15, 0.2) is 0 Å². The summed E-state index contributed by atoms with van der Waals surface area (Å²) in [5.74, 6) is -0.391. The molecule has 1 aliphatic rings. The first-order chi connectivity index (χ1) is 10.2. The molecule has 0 spiro atoms. The SMILES string of the molecule is COC(=O)c1ccnc2c(Cl)cc(N3CCOCC3)cc12. The molecule has 5 nitrogen and oxygen atoms in total. The van der Waals surface area contributed by atoms with E-state index in [1.807, 2.05) is 12.1 Å². The fourth-order valence-electron chi connectivity index (χ4n) is 2.49. The summed E-state index contributed by atoms with van der Waals surface area (Å²) in [4.78, 5) is 18.3. The van der Waals surface area contributed by atoms with Crippen LogP contribution >= 0.6 is 11.6 Å². The summed E-state index contributed by atoms with van der Waals surface area (Å²) in [6.45, 7) is 2.98. The Morgan fingerprint density at radius 2 is 2.14 bits per heavy atom. The van der Waals surface area contributed by atoms with E-state index in [1.165, 1.54) is 7.11 Å². The van der Waals surface area contributed by atoms with Gasteiger partial charge in [0.05, 0.1) is 36.4 Å². The van der Waals surface area contributed by atoms with E-state index in [0.29, 0.717) is 34.7 Å². The van der Waals surface area contributed by atoms with Gasteiger partial charge in [-0.25, -0.2) is 4.79 Å². The maximum absolute atomic E-state index is 11.9. The number of morpholine rings is 1. The largest absolute Gasteiger partial charge is 0.465 e. The molecular formula is C15H15ClN2O3. The van der Waals surface area contributed by atoms with Crippen LogP contribution < -0.4 is 4.90 Å². The minimum atomic E-state index is -0.391. The van der Waals surface area contributed by atoms with E-state index in [2.05, 4.69) is 9.88 Å². The fourth-order valence-corrected chi connectivity index (χ4v) is 2.75. The maximum atomic E-state index is 11.9. The Morgan fingerprint density at radius 3 is 2.86 bits per heavy atom. The topological polar surface area (TPSA) is 51.7 Å². The van der Waals surface area contributed by atoms with E-state index < -0.39 is 5.97 Å². The van der Waals surface area contributed by atoms with Crippen molar-refractivity contribution in [2.24, 2.45) is 0 Å². The van der Waals surface area contributed by atoms with Crippen molar-refractivity contribution in [1.29, 1.82) is 0 Å².